The summed E-state index contributed by atoms with van der Waals surface area (Å²) in [6.07, 6.45) is 54.0. The van der Waals surface area contributed by atoms with Gasteiger partial charge in [-0.1, -0.05) is 175 Å². The van der Waals surface area contributed by atoms with E-state index in [9.17, 15) is 33.1 Å². The van der Waals surface area contributed by atoms with Crippen molar-refractivity contribution in [2.45, 2.75) is 205 Å². The number of allylic oxidation sites excluding steroid dienone is 18. The molecule has 12 nitrogen and oxygen atoms in total. The van der Waals surface area contributed by atoms with Gasteiger partial charge in [-0.25, -0.2) is 4.18 Å². The fraction of sp³-hybridized carbons (Fsp3) is 0.655. The van der Waals surface area contributed by atoms with E-state index >= 15 is 0 Å². The van der Waals surface area contributed by atoms with Crippen molar-refractivity contribution in [3.05, 3.63) is 109 Å². The van der Waals surface area contributed by atoms with Crippen LogP contribution >= 0.6 is 0 Å². The molecular formula is C55H90O12S. The molecule has 68 heavy (non-hydrogen) atoms. The third-order valence-electron chi connectivity index (χ3n) is 10.9. The lowest BCUT2D eigenvalue weighted by Crippen LogP contribution is -2.60. The zero-order valence-electron chi connectivity index (χ0n) is 41.6. The second-order valence-electron chi connectivity index (χ2n) is 17.0. The first-order chi connectivity index (χ1) is 33.1. The Kier molecular flexibility index (Phi) is 41.5. The summed E-state index contributed by atoms with van der Waals surface area (Å²) >= 11 is 0. The second kappa shape index (κ2) is 44.9. The first-order valence-electron chi connectivity index (χ1n) is 25.6. The van der Waals surface area contributed by atoms with Gasteiger partial charge in [0, 0.05) is 13.0 Å². The van der Waals surface area contributed by atoms with Crippen LogP contribution < -0.4 is 0 Å². The van der Waals surface area contributed by atoms with E-state index in [2.05, 4.69) is 127 Å². The van der Waals surface area contributed by atoms with Crippen LogP contribution in [0.15, 0.2) is 109 Å². The van der Waals surface area contributed by atoms with Gasteiger partial charge in [0.25, 0.3) is 0 Å². The van der Waals surface area contributed by atoms with E-state index in [0.717, 1.165) is 141 Å². The van der Waals surface area contributed by atoms with E-state index < -0.39 is 59.8 Å². The van der Waals surface area contributed by atoms with Crippen molar-refractivity contribution >= 4 is 16.4 Å². The summed E-state index contributed by atoms with van der Waals surface area (Å²) in [5, 5.41) is 30.8. The minimum absolute atomic E-state index is 0.0120. The van der Waals surface area contributed by atoms with Crippen molar-refractivity contribution in [2.75, 3.05) is 26.4 Å². The number of esters is 1. The van der Waals surface area contributed by atoms with Crippen molar-refractivity contribution in [3.8, 4) is 0 Å². The van der Waals surface area contributed by atoms with Gasteiger partial charge >= 0.3 is 16.4 Å². The maximum Gasteiger partial charge on any atom is 0.397 e. The SMILES string of the molecule is CC/C=C\C/C=C\C/C=C\C/C=C\C/C=C\CCCCCCCCOCC(COC1OC(CO)C(O)C(OS(=O)(=O)O)C1O)OC(=O)CCCCCCCC/C=C\C/C=C\C/C=C\C/C=C\CC. The number of hydrogen-bond donors (Lipinski definition) is 4. The zero-order chi connectivity index (χ0) is 49.6. The highest BCUT2D eigenvalue weighted by Gasteiger charge is 2.48. The fourth-order valence-corrected chi connectivity index (χ4v) is 7.61. The van der Waals surface area contributed by atoms with Crippen LogP contribution in [0, 0.1) is 0 Å². The molecule has 1 fully saturated rings. The molecule has 1 heterocycles. The van der Waals surface area contributed by atoms with E-state index in [-0.39, 0.29) is 19.6 Å². The molecule has 13 heteroatoms. The lowest BCUT2D eigenvalue weighted by Gasteiger charge is -2.41. The molecule has 1 saturated heterocycles. The molecule has 0 radical (unpaired) electrons. The fourth-order valence-electron chi connectivity index (χ4n) is 7.10. The number of rotatable bonds is 43. The highest BCUT2D eigenvalue weighted by molar-refractivity contribution is 7.80. The molecule has 1 aliphatic rings. The van der Waals surface area contributed by atoms with Crippen LogP contribution in [0.25, 0.3) is 0 Å². The molecule has 4 N–H and O–H groups in total. The molecule has 0 saturated carbocycles. The summed E-state index contributed by atoms with van der Waals surface area (Å²) in [4.78, 5) is 12.9. The van der Waals surface area contributed by atoms with Gasteiger partial charge in [-0.15, -0.1) is 0 Å². The Morgan fingerprint density at radius 3 is 1.41 bits per heavy atom. The number of carbonyl (C=O) groups excluding carboxylic acids is 1. The highest BCUT2D eigenvalue weighted by Crippen LogP contribution is 2.26. The number of carbonyl (C=O) groups is 1. The van der Waals surface area contributed by atoms with E-state index in [1.54, 1.807) is 0 Å². The van der Waals surface area contributed by atoms with E-state index in [1.165, 1.54) is 0 Å². The second-order valence-corrected chi connectivity index (χ2v) is 18.0. The molecule has 0 aliphatic carbocycles. The van der Waals surface area contributed by atoms with Gasteiger partial charge < -0.3 is 34.3 Å². The van der Waals surface area contributed by atoms with Gasteiger partial charge in [0.2, 0.25) is 0 Å². The predicted molar refractivity (Wildman–Crippen MR) is 275 cm³/mol. The molecule has 0 aromatic carbocycles. The molecular weight excluding hydrogens is 885 g/mol. The van der Waals surface area contributed by atoms with Crippen molar-refractivity contribution in [1.82, 2.24) is 0 Å². The first-order valence-corrected chi connectivity index (χ1v) is 27.0. The minimum Gasteiger partial charge on any atom is -0.457 e. The van der Waals surface area contributed by atoms with Crippen LogP contribution in [-0.2, 0) is 38.3 Å². The number of hydrogen-bond acceptors (Lipinski definition) is 11. The first kappa shape index (κ1) is 62.8. The third-order valence-corrected chi connectivity index (χ3v) is 11.4. The molecule has 6 atom stereocenters. The molecule has 1 aliphatic heterocycles. The van der Waals surface area contributed by atoms with Gasteiger partial charge in [-0.05, 0) is 96.3 Å². The van der Waals surface area contributed by atoms with Gasteiger partial charge in [-0.3, -0.25) is 9.35 Å². The monoisotopic (exact) mass is 975 g/mol. The van der Waals surface area contributed by atoms with Crippen LogP contribution in [-0.4, -0.2) is 97.5 Å². The Morgan fingerprint density at radius 2 is 0.971 bits per heavy atom. The van der Waals surface area contributed by atoms with E-state index in [0.29, 0.717) is 13.0 Å². The Labute approximate surface area is 411 Å². The normalized spacial score (nSPS) is 20.2. The van der Waals surface area contributed by atoms with Gasteiger partial charge in [-0.2, -0.15) is 8.42 Å². The number of unbranched alkanes of at least 4 members (excludes halogenated alkanes) is 12. The van der Waals surface area contributed by atoms with Gasteiger partial charge in [0.15, 0.2) is 6.29 Å². The predicted octanol–water partition coefficient (Wildman–Crippen LogP) is 12.0. The molecule has 1 rings (SSSR count). The smallest absolute Gasteiger partial charge is 0.397 e. The van der Waals surface area contributed by atoms with Crippen LogP contribution in [0.1, 0.15) is 168 Å². The topological polar surface area (TPSA) is 178 Å². The maximum absolute atomic E-state index is 12.9. The van der Waals surface area contributed by atoms with E-state index in [4.69, 9.17) is 18.9 Å². The average molecular weight is 975 g/mol. The summed E-state index contributed by atoms with van der Waals surface area (Å²) in [5.74, 6) is -0.424. The standard InChI is InChI=1S/C55H90O12S/c1-3-5-7-9-11-13-15-17-19-21-23-24-25-27-29-31-33-35-37-39-41-43-45-63-47-49(48-64-55-53(59)54(67-68(60,61)62)52(58)50(46-56)66-55)65-51(57)44-42-40-38-36-34-32-30-28-26-22-20-18-16-14-12-10-8-6-4-2/h5-8,11-14,17-20,23-24,26-29,49-50,52-56,58-59H,3-4,9-10,15-16,21-22,25,30-48H2,1-2H3,(H,60,61,62)/b7-5-,8-6-,13-11-,14-12-,19-17-,20-18-,24-23-,28-26-,29-27-. The zero-order valence-corrected chi connectivity index (χ0v) is 42.4. The molecule has 0 aromatic heterocycles. The summed E-state index contributed by atoms with van der Waals surface area (Å²) < 4.78 is 59.2. The summed E-state index contributed by atoms with van der Waals surface area (Å²) in [6.45, 7) is 3.69. The van der Waals surface area contributed by atoms with Crippen molar-refractivity contribution in [2.24, 2.45) is 0 Å². The van der Waals surface area contributed by atoms with Crippen LogP contribution in [0.3, 0.4) is 0 Å². The molecule has 0 amide bonds. The Balaban J connectivity index is 2.40. The summed E-state index contributed by atoms with van der Waals surface area (Å²) in [7, 11) is -5.08. The Hall–Kier alpha value is -3.24. The molecule has 0 aromatic rings. The minimum atomic E-state index is -5.08. The molecule has 388 valence electrons. The summed E-state index contributed by atoms with van der Waals surface area (Å²) in [5.41, 5.74) is 0. The van der Waals surface area contributed by atoms with Crippen LogP contribution in [0.5, 0.6) is 0 Å². The quantitative estimate of drug-likeness (QED) is 0.0197. The number of ether oxygens (including phenoxy) is 4. The number of aliphatic hydroxyl groups is 3. The largest absolute Gasteiger partial charge is 0.457 e. The molecule has 0 bridgehead atoms. The summed E-state index contributed by atoms with van der Waals surface area (Å²) in [6, 6.07) is 0. The average Bonchev–Trinajstić information content (AvgIpc) is 3.31. The maximum atomic E-state index is 12.9. The Morgan fingerprint density at radius 1 is 0.559 bits per heavy atom. The van der Waals surface area contributed by atoms with E-state index in [1.807, 2.05) is 0 Å². The van der Waals surface area contributed by atoms with Gasteiger partial charge in [0.05, 0.1) is 19.8 Å². The van der Waals surface area contributed by atoms with Crippen molar-refractivity contribution in [1.29, 1.82) is 0 Å². The van der Waals surface area contributed by atoms with Crippen molar-refractivity contribution in [3.63, 3.8) is 0 Å². The van der Waals surface area contributed by atoms with Gasteiger partial charge in [0.1, 0.15) is 30.5 Å². The molecule has 0 spiro atoms. The molecule has 6 unspecified atom stereocenters. The van der Waals surface area contributed by atoms with Crippen LogP contribution in [0.2, 0.25) is 0 Å². The lowest BCUT2D eigenvalue weighted by atomic mass is 9.99. The lowest BCUT2D eigenvalue weighted by molar-refractivity contribution is -0.301. The van der Waals surface area contributed by atoms with Crippen molar-refractivity contribution < 1.29 is 56.2 Å². The highest BCUT2D eigenvalue weighted by atomic mass is 32.3. The van der Waals surface area contributed by atoms with Crippen LogP contribution in [0.4, 0.5) is 0 Å². The number of aliphatic hydroxyl groups excluding tert-OH is 3. The third kappa shape index (κ3) is 37.6. The Bertz CT molecular complexity index is 1590.